The molecule has 1 atom stereocenters. The van der Waals surface area contributed by atoms with Crippen molar-refractivity contribution in [3.63, 3.8) is 0 Å². The van der Waals surface area contributed by atoms with Gasteiger partial charge in [-0.25, -0.2) is 4.79 Å². The molecule has 6 nitrogen and oxygen atoms in total. The number of allylic oxidation sites excluding steroid dienone is 5. The third kappa shape index (κ3) is 8.62. The number of dihydropyridines is 1. The minimum absolute atomic E-state index is 0.250. The number of likely N-dealkylation sites (N-methyl/N-ethyl adjacent to an activating group) is 2. The van der Waals surface area contributed by atoms with Gasteiger partial charge in [-0.15, -0.1) is 13.2 Å². The number of hydrogen-bond donors (Lipinski definition) is 2. The molecule has 0 saturated carbocycles. The fourth-order valence-corrected chi connectivity index (χ4v) is 3.31. The van der Waals surface area contributed by atoms with Gasteiger partial charge in [-0.05, 0) is 32.9 Å². The summed E-state index contributed by atoms with van der Waals surface area (Å²) in [7, 11) is 3.43. The molecule has 1 unspecified atom stereocenters. The summed E-state index contributed by atoms with van der Waals surface area (Å²) in [5.41, 5.74) is 2.46. The Morgan fingerprint density at radius 3 is 2.09 bits per heavy atom. The molecule has 1 amide bonds. The van der Waals surface area contributed by atoms with Gasteiger partial charge in [-0.3, -0.25) is 4.79 Å². The Morgan fingerprint density at radius 1 is 1.15 bits per heavy atom. The van der Waals surface area contributed by atoms with Gasteiger partial charge in [0.15, 0.2) is 0 Å². The van der Waals surface area contributed by atoms with Crippen molar-refractivity contribution in [2.24, 2.45) is 5.92 Å². The second kappa shape index (κ2) is 16.8. The topological polar surface area (TPSA) is 70.7 Å². The van der Waals surface area contributed by atoms with E-state index in [0.29, 0.717) is 22.7 Å². The first-order valence-electron chi connectivity index (χ1n) is 11.1. The molecule has 1 aromatic rings. The minimum atomic E-state index is -0.414. The van der Waals surface area contributed by atoms with Crippen LogP contribution in [0, 0.1) is 5.92 Å². The van der Waals surface area contributed by atoms with Gasteiger partial charge in [0.25, 0.3) is 5.91 Å². The number of hydrogen-bond acceptors (Lipinski definition) is 5. The molecule has 1 aromatic carbocycles. The fraction of sp³-hybridized carbons (Fsp3) is 0.286. The third-order valence-electron chi connectivity index (χ3n) is 4.81. The zero-order valence-electron chi connectivity index (χ0n) is 21.4. The fourth-order valence-electron chi connectivity index (χ4n) is 3.31. The number of benzene rings is 1. The Labute approximate surface area is 205 Å². The van der Waals surface area contributed by atoms with E-state index in [-0.39, 0.29) is 12.5 Å². The molecule has 0 aromatic heterocycles. The van der Waals surface area contributed by atoms with Crippen molar-refractivity contribution in [1.29, 1.82) is 0 Å². The van der Waals surface area contributed by atoms with Crippen LogP contribution in [-0.4, -0.2) is 37.5 Å². The highest BCUT2D eigenvalue weighted by molar-refractivity contribution is 6.00. The molecule has 1 aliphatic heterocycles. The van der Waals surface area contributed by atoms with E-state index in [9.17, 15) is 9.59 Å². The van der Waals surface area contributed by atoms with Gasteiger partial charge >= 0.3 is 5.97 Å². The van der Waals surface area contributed by atoms with E-state index >= 15 is 0 Å². The van der Waals surface area contributed by atoms with Gasteiger partial charge in [0.2, 0.25) is 0 Å². The van der Waals surface area contributed by atoms with Crippen LogP contribution in [0.15, 0.2) is 109 Å². The van der Waals surface area contributed by atoms with Crippen LogP contribution in [0.4, 0.5) is 0 Å². The Balaban J connectivity index is 0.00000115. The number of nitrogens with zero attached hydrogens (tertiary/aromatic N) is 1. The molecule has 0 saturated heterocycles. The Kier molecular flexibility index (Phi) is 14.9. The average molecular weight is 466 g/mol. The molecule has 0 bridgehead atoms. The number of rotatable bonds is 7. The van der Waals surface area contributed by atoms with Gasteiger partial charge in [0.1, 0.15) is 5.82 Å². The zero-order valence-corrected chi connectivity index (χ0v) is 21.4. The van der Waals surface area contributed by atoms with Crippen LogP contribution in [0.25, 0.3) is 0 Å². The molecular formula is C28H39N3O3. The lowest BCUT2D eigenvalue weighted by Crippen LogP contribution is -2.40. The van der Waals surface area contributed by atoms with E-state index in [0.717, 1.165) is 5.70 Å². The maximum absolute atomic E-state index is 12.6. The summed E-state index contributed by atoms with van der Waals surface area (Å²) in [6.07, 6.45) is 7.36. The highest BCUT2D eigenvalue weighted by Crippen LogP contribution is 2.32. The number of nitrogens with one attached hydrogen (secondary N) is 2. The second-order valence-electron chi connectivity index (χ2n) is 6.99. The van der Waals surface area contributed by atoms with E-state index < -0.39 is 11.9 Å². The molecule has 0 radical (unpaired) electrons. The maximum Gasteiger partial charge on any atom is 0.336 e. The van der Waals surface area contributed by atoms with E-state index in [1.807, 2.05) is 87.3 Å². The predicted molar refractivity (Wildman–Crippen MR) is 141 cm³/mol. The molecule has 1 heterocycles. The summed E-state index contributed by atoms with van der Waals surface area (Å²) in [6, 6.07) is 12.0. The lowest BCUT2D eigenvalue weighted by Gasteiger charge is -2.34. The Hall–Kier alpha value is -3.80. The van der Waals surface area contributed by atoms with Crippen molar-refractivity contribution in [3.05, 3.63) is 109 Å². The summed E-state index contributed by atoms with van der Waals surface area (Å²) in [5.74, 6) is -0.458. The van der Waals surface area contributed by atoms with Crippen LogP contribution in [0.5, 0.6) is 0 Å². The molecule has 6 heteroatoms. The molecule has 2 rings (SSSR count). The van der Waals surface area contributed by atoms with Crippen molar-refractivity contribution in [2.45, 2.75) is 27.7 Å². The summed E-state index contributed by atoms with van der Waals surface area (Å²) >= 11 is 0. The van der Waals surface area contributed by atoms with Crippen molar-refractivity contribution < 1.29 is 14.3 Å². The first-order chi connectivity index (χ1) is 16.3. The van der Waals surface area contributed by atoms with E-state index in [1.165, 1.54) is 0 Å². The molecule has 2 N–H and O–H groups in total. The maximum atomic E-state index is 12.6. The van der Waals surface area contributed by atoms with E-state index in [2.05, 4.69) is 30.4 Å². The first kappa shape index (κ1) is 30.2. The Morgan fingerprint density at radius 2 is 1.68 bits per heavy atom. The predicted octanol–water partition coefficient (Wildman–Crippen LogP) is 5.09. The quantitative estimate of drug-likeness (QED) is 0.334. The molecule has 1 aliphatic rings. The smallest absolute Gasteiger partial charge is 0.336 e. The van der Waals surface area contributed by atoms with Crippen LogP contribution >= 0.6 is 0 Å². The number of ether oxygens (including phenoxy) is 1. The number of carbonyl (C=O) groups is 2. The molecule has 0 aliphatic carbocycles. The molecular weight excluding hydrogens is 426 g/mol. The van der Waals surface area contributed by atoms with Crippen LogP contribution in [0.3, 0.4) is 0 Å². The molecule has 0 fully saturated rings. The standard InChI is InChI=1S/C20H29N3O3.C6H6.C2H4/c1-8-11-15(12-9-2)23(7)18-17(19(24)21-6)13(4)16(14(5)22-18)20(25)26-10-3;1-2-4-6-5-3-1;1-2/h8-9,11-13,22H,1,10H2,2-7H3,(H,21,24);1-6H;1-2H2/b12-9-,15-11+;;. The minimum Gasteiger partial charge on any atom is -0.463 e. The second-order valence-corrected chi connectivity index (χ2v) is 6.99. The van der Waals surface area contributed by atoms with Gasteiger partial charge in [0.05, 0.1) is 17.8 Å². The summed E-state index contributed by atoms with van der Waals surface area (Å²) in [5, 5.41) is 5.88. The van der Waals surface area contributed by atoms with Gasteiger partial charge < -0.3 is 20.3 Å². The van der Waals surface area contributed by atoms with Gasteiger partial charge in [-0.2, -0.15) is 0 Å². The number of amides is 1. The third-order valence-corrected chi connectivity index (χ3v) is 4.81. The van der Waals surface area contributed by atoms with Crippen molar-refractivity contribution in [3.8, 4) is 0 Å². The van der Waals surface area contributed by atoms with Crippen LogP contribution < -0.4 is 10.6 Å². The average Bonchev–Trinajstić information content (AvgIpc) is 2.85. The number of carbonyl (C=O) groups excluding carboxylic acids is 2. The Bertz CT molecular complexity index is 901. The lowest BCUT2D eigenvalue weighted by molar-refractivity contribution is -0.139. The normalized spacial score (nSPS) is 15.2. The summed E-state index contributed by atoms with van der Waals surface area (Å²) < 4.78 is 5.16. The van der Waals surface area contributed by atoms with Crippen molar-refractivity contribution in [1.82, 2.24) is 15.5 Å². The molecule has 34 heavy (non-hydrogen) atoms. The number of esters is 1. The van der Waals surface area contributed by atoms with Crippen molar-refractivity contribution in [2.75, 3.05) is 20.7 Å². The summed E-state index contributed by atoms with van der Waals surface area (Å²) in [4.78, 5) is 26.8. The van der Waals surface area contributed by atoms with Crippen molar-refractivity contribution >= 4 is 11.9 Å². The largest absolute Gasteiger partial charge is 0.463 e. The lowest BCUT2D eigenvalue weighted by atomic mass is 9.87. The van der Waals surface area contributed by atoms with Gasteiger partial charge in [0, 0.05) is 31.4 Å². The van der Waals surface area contributed by atoms with Gasteiger partial charge in [-0.1, -0.05) is 62.1 Å². The SMILES string of the molecule is C=C.C=C/C=C(\C=C/C)N(C)C1=C(C(=O)NC)C(C)C(C(=O)OCC)=C(C)N1.c1ccccc1. The van der Waals surface area contributed by atoms with Crippen LogP contribution in [0.1, 0.15) is 27.7 Å². The summed E-state index contributed by atoms with van der Waals surface area (Å²) in [6.45, 7) is 17.3. The monoisotopic (exact) mass is 465 g/mol. The highest BCUT2D eigenvalue weighted by atomic mass is 16.5. The molecule has 0 spiro atoms. The first-order valence-corrected chi connectivity index (χ1v) is 11.1. The molecule has 184 valence electrons. The van der Waals surface area contributed by atoms with E-state index in [1.54, 1.807) is 20.0 Å². The van der Waals surface area contributed by atoms with E-state index in [4.69, 9.17) is 4.74 Å². The van der Waals surface area contributed by atoms with Crippen LogP contribution in [0.2, 0.25) is 0 Å². The zero-order chi connectivity index (χ0) is 26.1. The highest BCUT2D eigenvalue weighted by Gasteiger charge is 2.35. The van der Waals surface area contributed by atoms with Crippen LogP contribution in [-0.2, 0) is 14.3 Å².